The molecule has 60 heavy (non-hydrogen) atoms. The Bertz CT molecular complexity index is 2430. The molecule has 300 valence electrons. The van der Waals surface area contributed by atoms with Crippen molar-refractivity contribution in [1.29, 1.82) is 0 Å². The van der Waals surface area contributed by atoms with Gasteiger partial charge in [-0.1, -0.05) is 95.1 Å². The highest BCUT2D eigenvalue weighted by Crippen LogP contribution is 2.36. The van der Waals surface area contributed by atoms with E-state index in [0.29, 0.717) is 5.46 Å². The second-order valence-corrected chi connectivity index (χ2v) is 17.1. The standard InChI is InChI=1S/C25H21BrN2.C20H20BNO2.C5H3BrIN/c1-18-3-10-22(11-4-18)28(23-12-5-19(2)6-13-23)24-14-7-20(8-15-24)25-16-9-21(26)17-27-25;1-15-3-9-18(10-4-15)22(19-11-5-16(2)6-12-19)20-13-7-17(8-14-20)21(23)24;6-4-1-2-5(7)8-3-4/h3-17H,1-2H3;3-14,23-24H,1-2H3;1-3H. The van der Waals surface area contributed by atoms with Gasteiger partial charge in [-0.25, -0.2) is 4.98 Å². The van der Waals surface area contributed by atoms with E-state index in [2.05, 4.69) is 223 Å². The highest BCUT2D eigenvalue weighted by molar-refractivity contribution is 14.1. The zero-order valence-electron chi connectivity index (χ0n) is 33.7. The van der Waals surface area contributed by atoms with E-state index in [1.807, 2.05) is 42.6 Å². The maximum absolute atomic E-state index is 9.29. The first-order valence-corrected chi connectivity index (χ1v) is 21.9. The molecule has 0 amide bonds. The fraction of sp³-hybridized carbons (Fsp3) is 0.0800. The molecular weight excluding hydrogens is 986 g/mol. The van der Waals surface area contributed by atoms with Crippen LogP contribution in [0, 0.1) is 31.4 Å². The zero-order valence-corrected chi connectivity index (χ0v) is 39.0. The van der Waals surface area contributed by atoms with Crippen LogP contribution in [0.1, 0.15) is 22.3 Å². The van der Waals surface area contributed by atoms with Gasteiger partial charge in [0.1, 0.15) is 3.70 Å². The molecule has 2 heterocycles. The Morgan fingerprint density at radius 3 is 1.02 bits per heavy atom. The summed E-state index contributed by atoms with van der Waals surface area (Å²) in [5.41, 5.74) is 14.0. The summed E-state index contributed by atoms with van der Waals surface area (Å²) in [6.07, 6.45) is 3.61. The van der Waals surface area contributed by atoms with Crippen LogP contribution in [0.3, 0.4) is 0 Å². The van der Waals surface area contributed by atoms with Crippen molar-refractivity contribution in [2.45, 2.75) is 27.7 Å². The third kappa shape index (κ3) is 12.5. The van der Waals surface area contributed by atoms with E-state index < -0.39 is 7.12 Å². The molecular formula is C50H44BBr2IN4O2. The Kier molecular flexibility index (Phi) is 15.9. The SMILES string of the molecule is Brc1ccc(I)nc1.Cc1ccc(N(c2ccc(C)cc2)c2ccc(-c3ccc(Br)cn3)cc2)cc1.Cc1ccc(N(c2ccc(C)cc2)c2ccc(B(O)O)cc2)cc1. The molecule has 0 bridgehead atoms. The van der Waals surface area contributed by atoms with E-state index in [1.165, 1.54) is 22.3 Å². The number of anilines is 6. The van der Waals surface area contributed by atoms with Crippen LogP contribution in [0.2, 0.25) is 0 Å². The summed E-state index contributed by atoms with van der Waals surface area (Å²) in [6.45, 7) is 8.36. The first-order chi connectivity index (χ1) is 28.9. The van der Waals surface area contributed by atoms with Crippen molar-refractivity contribution in [3.05, 3.63) is 217 Å². The number of benzene rings is 6. The molecule has 10 heteroatoms. The number of hydrogen-bond donors (Lipinski definition) is 2. The molecule has 0 unspecified atom stereocenters. The minimum absolute atomic E-state index is 0.478. The number of aromatic nitrogens is 2. The molecule has 0 spiro atoms. The van der Waals surface area contributed by atoms with Gasteiger partial charge in [-0.05, 0) is 185 Å². The molecule has 6 nitrogen and oxygen atoms in total. The second-order valence-electron chi connectivity index (χ2n) is 14.2. The van der Waals surface area contributed by atoms with Gasteiger partial charge in [0.05, 0.1) is 5.69 Å². The summed E-state index contributed by atoms with van der Waals surface area (Å²) < 4.78 is 3.03. The maximum Gasteiger partial charge on any atom is 0.488 e. The van der Waals surface area contributed by atoms with Gasteiger partial charge < -0.3 is 19.8 Å². The molecule has 0 radical (unpaired) electrons. The summed E-state index contributed by atoms with van der Waals surface area (Å²) in [5.74, 6) is 0. The third-order valence-corrected chi connectivity index (χ3v) is 11.0. The number of pyridine rings is 2. The van der Waals surface area contributed by atoms with Crippen LogP contribution < -0.4 is 15.3 Å². The van der Waals surface area contributed by atoms with Crippen molar-refractivity contribution in [2.24, 2.45) is 0 Å². The molecule has 8 rings (SSSR count). The Balaban J connectivity index is 0.000000171. The van der Waals surface area contributed by atoms with E-state index in [0.717, 1.165) is 58.0 Å². The third-order valence-electron chi connectivity index (χ3n) is 9.46. The minimum Gasteiger partial charge on any atom is -0.423 e. The largest absolute Gasteiger partial charge is 0.488 e. The molecule has 6 aromatic carbocycles. The quantitative estimate of drug-likeness (QED) is 0.0898. The smallest absolute Gasteiger partial charge is 0.423 e. The lowest BCUT2D eigenvalue weighted by molar-refractivity contribution is 0.426. The Hall–Kier alpha value is -5.11. The van der Waals surface area contributed by atoms with E-state index in [4.69, 9.17) is 0 Å². The van der Waals surface area contributed by atoms with Crippen LogP contribution in [0.4, 0.5) is 34.1 Å². The van der Waals surface area contributed by atoms with Crippen LogP contribution in [-0.2, 0) is 0 Å². The van der Waals surface area contributed by atoms with Gasteiger partial charge in [-0.2, -0.15) is 0 Å². The monoisotopic (exact) mass is 1030 g/mol. The fourth-order valence-electron chi connectivity index (χ4n) is 6.15. The summed E-state index contributed by atoms with van der Waals surface area (Å²) in [4.78, 5) is 12.9. The number of halogens is 3. The highest BCUT2D eigenvalue weighted by atomic mass is 127. The normalized spacial score (nSPS) is 10.4. The second kappa shape index (κ2) is 21.4. The molecule has 2 N–H and O–H groups in total. The van der Waals surface area contributed by atoms with E-state index in [-0.39, 0.29) is 0 Å². The van der Waals surface area contributed by atoms with Gasteiger partial charge in [0, 0.05) is 61.0 Å². The first-order valence-electron chi connectivity index (χ1n) is 19.3. The van der Waals surface area contributed by atoms with E-state index in [1.54, 1.807) is 18.3 Å². The fourth-order valence-corrected chi connectivity index (χ4v) is 6.94. The Morgan fingerprint density at radius 2 is 0.733 bits per heavy atom. The van der Waals surface area contributed by atoms with Crippen LogP contribution in [0.25, 0.3) is 11.3 Å². The zero-order chi connectivity index (χ0) is 42.6. The van der Waals surface area contributed by atoms with Crippen LogP contribution in [0.5, 0.6) is 0 Å². The van der Waals surface area contributed by atoms with Gasteiger partial charge >= 0.3 is 7.12 Å². The van der Waals surface area contributed by atoms with E-state index in [9.17, 15) is 10.0 Å². The molecule has 0 aliphatic rings. The number of rotatable bonds is 8. The Labute approximate surface area is 384 Å². The minimum atomic E-state index is -1.45. The summed E-state index contributed by atoms with van der Waals surface area (Å²) in [7, 11) is -1.45. The number of aryl methyl sites for hydroxylation is 4. The number of nitrogens with zero attached hydrogens (tertiary/aromatic N) is 4. The lowest BCUT2D eigenvalue weighted by Crippen LogP contribution is -2.29. The van der Waals surface area contributed by atoms with Gasteiger partial charge in [0.2, 0.25) is 0 Å². The topological polar surface area (TPSA) is 72.7 Å². The summed E-state index contributed by atoms with van der Waals surface area (Å²) in [5, 5.41) is 18.6. The van der Waals surface area contributed by atoms with Crippen molar-refractivity contribution in [1.82, 2.24) is 9.97 Å². The molecule has 2 aromatic heterocycles. The molecule has 0 saturated carbocycles. The molecule has 0 atom stereocenters. The number of hydrogen-bond acceptors (Lipinski definition) is 6. The van der Waals surface area contributed by atoms with Gasteiger partial charge in [-0.3, -0.25) is 4.98 Å². The van der Waals surface area contributed by atoms with Crippen molar-refractivity contribution in [3.63, 3.8) is 0 Å². The highest BCUT2D eigenvalue weighted by Gasteiger charge is 2.16. The first kappa shape index (κ1) is 44.4. The predicted octanol–water partition coefficient (Wildman–Crippen LogP) is 13.5. The molecule has 0 fully saturated rings. The molecule has 0 aliphatic heterocycles. The van der Waals surface area contributed by atoms with Gasteiger partial charge in [-0.15, -0.1) is 0 Å². The summed E-state index contributed by atoms with van der Waals surface area (Å²) in [6, 6.07) is 57.7. The summed E-state index contributed by atoms with van der Waals surface area (Å²) >= 11 is 8.89. The average Bonchev–Trinajstić information content (AvgIpc) is 3.26. The average molecular weight is 1030 g/mol. The van der Waals surface area contributed by atoms with Crippen molar-refractivity contribution in [2.75, 3.05) is 9.80 Å². The lowest BCUT2D eigenvalue weighted by atomic mass is 9.80. The molecule has 0 saturated heterocycles. The van der Waals surface area contributed by atoms with Crippen LogP contribution in [-0.4, -0.2) is 27.1 Å². The molecule has 8 aromatic rings. The lowest BCUT2D eigenvalue weighted by Gasteiger charge is -2.26. The van der Waals surface area contributed by atoms with E-state index >= 15 is 0 Å². The van der Waals surface area contributed by atoms with Crippen LogP contribution in [0.15, 0.2) is 191 Å². The maximum atomic E-state index is 9.29. The molecule has 0 aliphatic carbocycles. The predicted molar refractivity (Wildman–Crippen MR) is 267 cm³/mol. The Morgan fingerprint density at radius 1 is 0.417 bits per heavy atom. The van der Waals surface area contributed by atoms with Crippen molar-refractivity contribution >= 4 is 101 Å². The van der Waals surface area contributed by atoms with Gasteiger partial charge in [0.25, 0.3) is 0 Å². The van der Waals surface area contributed by atoms with Crippen molar-refractivity contribution in [3.8, 4) is 11.3 Å². The van der Waals surface area contributed by atoms with Crippen LogP contribution >= 0.6 is 54.5 Å². The van der Waals surface area contributed by atoms with Gasteiger partial charge in [0.15, 0.2) is 0 Å². The van der Waals surface area contributed by atoms with Crippen molar-refractivity contribution < 1.29 is 10.0 Å².